The quantitative estimate of drug-likeness (QED) is 0.136. The van der Waals surface area contributed by atoms with E-state index in [1.165, 1.54) is 32.1 Å². The predicted octanol–water partition coefficient (Wildman–Crippen LogP) is 9.66. The molecule has 310 valence electrons. The Hall–Kier alpha value is -2.99. The normalized spacial score (nSPS) is 15.4. The molecule has 9 heteroatoms. The molecule has 4 aromatic rings. The predicted molar refractivity (Wildman–Crippen MR) is 243 cm³/mol. The topological polar surface area (TPSA) is 53.4 Å². The molecule has 2 atom stereocenters. The van der Waals surface area contributed by atoms with Crippen molar-refractivity contribution in [3.8, 4) is 0 Å². The number of rotatable bonds is 8. The van der Waals surface area contributed by atoms with Gasteiger partial charge in [0.15, 0.2) is 0 Å². The van der Waals surface area contributed by atoms with Crippen LogP contribution < -0.4 is 9.62 Å². The van der Waals surface area contributed by atoms with Gasteiger partial charge in [0.1, 0.15) is 0 Å². The van der Waals surface area contributed by atoms with Crippen LogP contribution >= 0.6 is 0 Å². The standard InChI is InChI=1S/C25H37B2N4.C23H32O2.Pt/c1-24(2,3)20-11-15-22(16-12-20)30-19-31(27(29(9)10)26(30)28(7)8)23-17-13-21(14-18-23)25(4,5)6;1-22(2,3)18-11-7-16(8-12-18)20(24)15-21(25)17-9-13-19(14-10-17)23(4,5)6;/h11-17H,1-10H3;7-14,20-21,24-25H,15H2,1-6H3;/q-1;;. The second kappa shape index (κ2) is 18.1. The Labute approximate surface area is 358 Å². The summed E-state index contributed by atoms with van der Waals surface area (Å²) in [5.41, 5.74) is 9.58. The van der Waals surface area contributed by atoms with Crippen LogP contribution in [0, 0.1) is 6.07 Å². The Balaban J connectivity index is 0.000000261. The first-order chi connectivity index (χ1) is 26.2. The van der Waals surface area contributed by atoms with E-state index >= 15 is 0 Å². The molecule has 1 fully saturated rings. The van der Waals surface area contributed by atoms with Crippen molar-refractivity contribution in [2.75, 3.05) is 37.8 Å². The molecule has 0 aliphatic carbocycles. The van der Waals surface area contributed by atoms with E-state index in [1.807, 2.05) is 24.3 Å². The van der Waals surface area contributed by atoms with Crippen molar-refractivity contribution in [2.45, 2.75) is 123 Å². The van der Waals surface area contributed by atoms with E-state index in [4.69, 9.17) is 0 Å². The van der Waals surface area contributed by atoms with E-state index in [0.29, 0.717) is 6.42 Å². The summed E-state index contributed by atoms with van der Waals surface area (Å²) in [6.07, 6.45) is -1.05. The van der Waals surface area contributed by atoms with Crippen molar-refractivity contribution in [1.82, 2.24) is 9.62 Å². The first kappa shape index (κ1) is 46.7. The second-order valence-corrected chi connectivity index (χ2v) is 21.3. The van der Waals surface area contributed by atoms with Gasteiger partial charge in [-0.05, 0) is 33.1 Å². The molecule has 5 rings (SSSR count). The van der Waals surface area contributed by atoms with E-state index < -0.39 is 12.2 Å². The van der Waals surface area contributed by atoms with Crippen molar-refractivity contribution in [3.05, 3.63) is 130 Å². The molecule has 0 bridgehead atoms. The van der Waals surface area contributed by atoms with Crippen LogP contribution in [0.3, 0.4) is 0 Å². The molecule has 2 N–H and O–H groups in total. The molecule has 0 saturated carbocycles. The maximum atomic E-state index is 10.5. The summed E-state index contributed by atoms with van der Waals surface area (Å²) >= 11 is 2.48. The van der Waals surface area contributed by atoms with Crippen molar-refractivity contribution >= 4 is 29.3 Å². The summed E-state index contributed by atoms with van der Waals surface area (Å²) in [6.45, 7) is 26.9. The van der Waals surface area contributed by atoms with E-state index in [-0.39, 0.29) is 35.4 Å². The van der Waals surface area contributed by atoms with Gasteiger partial charge in [-0.25, -0.2) is 0 Å². The minimum atomic E-state index is -0.675. The molecule has 2 unspecified atom stereocenters. The average Bonchev–Trinajstić information content (AvgIpc) is 3.44. The monoisotopic (exact) mass is 951 g/mol. The van der Waals surface area contributed by atoms with Gasteiger partial charge in [-0.15, -0.1) is 0 Å². The Morgan fingerprint density at radius 3 is 1.18 bits per heavy atom. The molecule has 1 aliphatic rings. The number of aliphatic hydroxyl groups excluding tert-OH is 2. The van der Waals surface area contributed by atoms with Crippen molar-refractivity contribution in [3.63, 3.8) is 0 Å². The van der Waals surface area contributed by atoms with Crippen LogP contribution in [-0.2, 0) is 41.0 Å². The zero-order valence-corrected chi connectivity index (χ0v) is 39.9. The Kier molecular flexibility index (Phi) is 14.8. The van der Waals surface area contributed by atoms with E-state index in [1.54, 1.807) is 0 Å². The van der Waals surface area contributed by atoms with Gasteiger partial charge in [-0.2, -0.15) is 0 Å². The first-order valence-corrected chi connectivity index (χ1v) is 21.5. The van der Waals surface area contributed by atoms with Crippen LogP contribution in [0.4, 0.5) is 11.4 Å². The SMILES string of the molecule is CC(C)(C)c1ccc(C(O)CC(O)c2ccc(C(C)(C)C)cc2)cc1.CN(C)B1B(N(C)C)N(c2ccc(C(C)(C)C)cc2)[C](=[Pt])N1c1[c-]cc(C(C)(C)C)cc1. The molecular formula is C48H69B2N4O2Pt-. The third kappa shape index (κ3) is 11.6. The molecule has 0 aromatic heterocycles. The number of benzene rings is 4. The molecule has 4 aromatic carbocycles. The van der Waals surface area contributed by atoms with Gasteiger partial charge >= 0.3 is 208 Å². The van der Waals surface area contributed by atoms with Gasteiger partial charge in [0, 0.05) is 6.42 Å². The van der Waals surface area contributed by atoms with Crippen LogP contribution in [-0.4, -0.2) is 65.9 Å². The van der Waals surface area contributed by atoms with Crippen LogP contribution in [0.2, 0.25) is 0 Å². The zero-order chi connectivity index (χ0) is 42.8. The van der Waals surface area contributed by atoms with Gasteiger partial charge in [0.05, 0.1) is 12.2 Å². The van der Waals surface area contributed by atoms with Crippen molar-refractivity contribution in [2.24, 2.45) is 0 Å². The summed E-state index contributed by atoms with van der Waals surface area (Å²) in [4.78, 5) is 9.48. The number of aliphatic hydroxyl groups is 2. The molecule has 6 nitrogen and oxygen atoms in total. The number of nitrogens with zero attached hydrogens (tertiary/aromatic N) is 4. The van der Waals surface area contributed by atoms with E-state index in [0.717, 1.165) is 16.8 Å². The Morgan fingerprint density at radius 1 is 0.526 bits per heavy atom. The van der Waals surface area contributed by atoms with Gasteiger partial charge < -0.3 is 10.2 Å². The van der Waals surface area contributed by atoms with Crippen LogP contribution in [0.5, 0.6) is 0 Å². The fourth-order valence-electron chi connectivity index (χ4n) is 7.11. The molecule has 0 spiro atoms. The average molecular weight is 951 g/mol. The number of anilines is 2. The Bertz CT molecular complexity index is 1760. The minimum absolute atomic E-state index is 0.0950. The third-order valence-electron chi connectivity index (χ3n) is 10.9. The van der Waals surface area contributed by atoms with Gasteiger partial charge in [0.25, 0.3) is 0 Å². The molecule has 1 heterocycles. The summed E-state index contributed by atoms with van der Waals surface area (Å²) in [7, 11) is 8.65. The second-order valence-electron chi connectivity index (χ2n) is 20.3. The van der Waals surface area contributed by atoms with Gasteiger partial charge in [0.2, 0.25) is 0 Å². The number of hydrogen-bond acceptors (Lipinski definition) is 6. The molecule has 1 saturated heterocycles. The van der Waals surface area contributed by atoms with Gasteiger partial charge in [-0.1, -0.05) is 90.1 Å². The maximum absolute atomic E-state index is 10.5. The van der Waals surface area contributed by atoms with E-state index in [9.17, 15) is 10.2 Å². The summed E-state index contributed by atoms with van der Waals surface area (Å²) in [5.74, 6) is 0. The molecular weight excluding hydrogens is 881 g/mol. The van der Waals surface area contributed by atoms with E-state index in [2.05, 4.69) is 223 Å². The van der Waals surface area contributed by atoms with Crippen molar-refractivity contribution in [1.29, 1.82) is 0 Å². The van der Waals surface area contributed by atoms with Crippen LogP contribution in [0.1, 0.15) is 135 Å². The summed E-state index contributed by atoms with van der Waals surface area (Å²) in [5, 5.41) is 20.9. The molecule has 0 amide bonds. The third-order valence-corrected chi connectivity index (χ3v) is 12.0. The van der Waals surface area contributed by atoms with Gasteiger partial charge in [-0.3, -0.25) is 0 Å². The number of hydrogen-bond donors (Lipinski definition) is 2. The van der Waals surface area contributed by atoms with Crippen LogP contribution in [0.25, 0.3) is 0 Å². The Morgan fingerprint density at radius 2 is 0.860 bits per heavy atom. The summed E-state index contributed by atoms with van der Waals surface area (Å²) in [6, 6.07) is 35.3. The molecule has 57 heavy (non-hydrogen) atoms. The van der Waals surface area contributed by atoms with Crippen molar-refractivity contribution < 1.29 is 29.6 Å². The summed E-state index contributed by atoms with van der Waals surface area (Å²) < 4.78 is 1.19. The fraction of sp³-hybridized carbons (Fsp3) is 0.479. The zero-order valence-electron chi connectivity index (χ0n) is 37.7. The first-order valence-electron chi connectivity index (χ1n) is 20.3. The molecule has 1 aliphatic heterocycles. The fourth-order valence-corrected chi connectivity index (χ4v) is 8.28. The molecule has 0 radical (unpaired) electrons. The van der Waals surface area contributed by atoms with Crippen LogP contribution in [0.15, 0.2) is 91.0 Å².